The highest BCUT2D eigenvalue weighted by Gasteiger charge is 2.12. The molecule has 0 unspecified atom stereocenters. The van der Waals surface area contributed by atoms with Crippen LogP contribution in [0.3, 0.4) is 0 Å². The van der Waals surface area contributed by atoms with Crippen LogP contribution in [0, 0.1) is 5.82 Å². The predicted octanol–water partition coefficient (Wildman–Crippen LogP) is 4.05. The van der Waals surface area contributed by atoms with Crippen molar-refractivity contribution < 1.29 is 9.18 Å². The summed E-state index contributed by atoms with van der Waals surface area (Å²) >= 11 is 2.73. The maximum atomic E-state index is 13.0. The van der Waals surface area contributed by atoms with E-state index in [0.29, 0.717) is 21.7 Å². The fraction of sp³-hybridized carbons (Fsp3) is 0.105. The smallest absolute Gasteiger partial charge is 0.226 e. The van der Waals surface area contributed by atoms with Gasteiger partial charge in [0.15, 0.2) is 5.13 Å². The first-order valence-corrected chi connectivity index (χ1v) is 10.5. The number of para-hydroxylation sites is 1. The van der Waals surface area contributed by atoms with E-state index in [1.807, 2.05) is 35.7 Å². The van der Waals surface area contributed by atoms with Crippen LogP contribution in [0.2, 0.25) is 0 Å². The summed E-state index contributed by atoms with van der Waals surface area (Å²) in [7, 11) is 0. The molecule has 29 heavy (non-hydrogen) atoms. The van der Waals surface area contributed by atoms with Crippen molar-refractivity contribution in [3.63, 3.8) is 0 Å². The Labute approximate surface area is 174 Å². The summed E-state index contributed by atoms with van der Waals surface area (Å²) in [6, 6.07) is 15.6. The fourth-order valence-electron chi connectivity index (χ4n) is 2.50. The highest BCUT2D eigenvalue weighted by molar-refractivity contribution is 7.99. The molecule has 4 rings (SSSR count). The molecule has 1 amide bonds. The molecule has 2 heterocycles. The Morgan fingerprint density at radius 3 is 2.72 bits per heavy atom. The molecule has 146 valence electrons. The van der Waals surface area contributed by atoms with E-state index < -0.39 is 0 Å². The van der Waals surface area contributed by atoms with Crippen LogP contribution >= 0.6 is 23.1 Å². The lowest BCUT2D eigenvalue weighted by molar-refractivity contribution is -0.115. The second-order valence-corrected chi connectivity index (χ2v) is 7.82. The van der Waals surface area contributed by atoms with Crippen molar-refractivity contribution >= 4 is 34.1 Å². The minimum Gasteiger partial charge on any atom is -0.302 e. The number of anilines is 1. The van der Waals surface area contributed by atoms with Crippen molar-refractivity contribution in [1.29, 1.82) is 0 Å². The van der Waals surface area contributed by atoms with Crippen molar-refractivity contribution in [2.45, 2.75) is 11.6 Å². The van der Waals surface area contributed by atoms with Crippen LogP contribution in [0.5, 0.6) is 0 Å². The van der Waals surface area contributed by atoms with Crippen LogP contribution in [0.4, 0.5) is 9.52 Å². The van der Waals surface area contributed by atoms with E-state index in [0.717, 1.165) is 11.3 Å². The first-order valence-electron chi connectivity index (χ1n) is 8.67. The molecule has 0 atom stereocenters. The molecule has 0 saturated heterocycles. The van der Waals surface area contributed by atoms with Gasteiger partial charge in [0.2, 0.25) is 11.1 Å². The summed E-state index contributed by atoms with van der Waals surface area (Å²) in [6.45, 7) is 0. The number of thioether (sulfide) groups is 1. The average Bonchev–Trinajstić information content (AvgIpc) is 3.39. The van der Waals surface area contributed by atoms with Gasteiger partial charge in [0.05, 0.1) is 11.4 Å². The molecule has 10 heteroatoms. The summed E-state index contributed by atoms with van der Waals surface area (Å²) in [5, 5.41) is 17.5. The van der Waals surface area contributed by atoms with Crippen LogP contribution < -0.4 is 5.32 Å². The van der Waals surface area contributed by atoms with E-state index in [1.54, 1.807) is 16.8 Å². The normalized spacial score (nSPS) is 10.8. The Morgan fingerprint density at radius 2 is 1.93 bits per heavy atom. The lowest BCUT2D eigenvalue weighted by atomic mass is 10.2. The molecule has 0 radical (unpaired) electrons. The Hall–Kier alpha value is -3.11. The molecular formula is C19H15FN6OS2. The van der Waals surface area contributed by atoms with Crippen molar-refractivity contribution in [2.24, 2.45) is 0 Å². The molecule has 1 N–H and O–H groups in total. The number of hydrogen-bond acceptors (Lipinski definition) is 7. The molecule has 0 saturated carbocycles. The highest BCUT2D eigenvalue weighted by atomic mass is 32.2. The van der Waals surface area contributed by atoms with Crippen molar-refractivity contribution in [2.75, 3.05) is 11.1 Å². The van der Waals surface area contributed by atoms with E-state index in [2.05, 4.69) is 25.8 Å². The third kappa shape index (κ3) is 4.84. The molecule has 0 aliphatic rings. The Balaban J connectivity index is 1.30. The van der Waals surface area contributed by atoms with Crippen molar-refractivity contribution in [1.82, 2.24) is 25.2 Å². The first-order chi connectivity index (χ1) is 14.2. The molecule has 2 aromatic heterocycles. The minimum absolute atomic E-state index is 0.142. The summed E-state index contributed by atoms with van der Waals surface area (Å²) in [5.74, 6) is 0.0828. The zero-order valence-corrected chi connectivity index (χ0v) is 16.7. The van der Waals surface area contributed by atoms with Gasteiger partial charge in [-0.2, -0.15) is 4.68 Å². The number of rotatable bonds is 7. The molecule has 4 aromatic rings. The Kier molecular flexibility index (Phi) is 5.92. The average molecular weight is 427 g/mol. The number of hydrogen-bond donors (Lipinski definition) is 1. The zero-order chi connectivity index (χ0) is 20.1. The Bertz CT molecular complexity index is 1100. The van der Waals surface area contributed by atoms with E-state index in [9.17, 15) is 9.18 Å². The van der Waals surface area contributed by atoms with Gasteiger partial charge in [-0.25, -0.2) is 9.37 Å². The van der Waals surface area contributed by atoms with E-state index in [-0.39, 0.29) is 18.1 Å². The number of carbonyl (C=O) groups excluding carboxylic acids is 1. The van der Waals surface area contributed by atoms with Crippen LogP contribution in [-0.2, 0) is 4.79 Å². The molecule has 0 aliphatic heterocycles. The lowest BCUT2D eigenvalue weighted by Crippen LogP contribution is -2.12. The third-order valence-electron chi connectivity index (χ3n) is 3.89. The Morgan fingerprint density at radius 1 is 1.14 bits per heavy atom. The number of halogens is 1. The number of aromatic nitrogens is 5. The number of tetrazole rings is 1. The quantitative estimate of drug-likeness (QED) is 0.449. The summed E-state index contributed by atoms with van der Waals surface area (Å²) in [6.07, 6.45) is 0.289. The van der Waals surface area contributed by atoms with Gasteiger partial charge in [-0.15, -0.1) is 16.4 Å². The molecule has 2 aromatic carbocycles. The fourth-order valence-corrected chi connectivity index (χ4v) is 4.07. The molecule has 0 spiro atoms. The molecule has 7 nitrogen and oxygen atoms in total. The van der Waals surface area contributed by atoms with Crippen LogP contribution in [-0.4, -0.2) is 36.9 Å². The van der Waals surface area contributed by atoms with E-state index in [1.165, 1.54) is 35.2 Å². The molecule has 0 bridgehead atoms. The van der Waals surface area contributed by atoms with Crippen molar-refractivity contribution in [3.05, 3.63) is 65.8 Å². The maximum Gasteiger partial charge on any atom is 0.226 e. The van der Waals surface area contributed by atoms with Gasteiger partial charge in [-0.3, -0.25) is 4.79 Å². The summed E-state index contributed by atoms with van der Waals surface area (Å²) in [5.41, 5.74) is 2.36. The number of amides is 1. The number of nitrogens with one attached hydrogen (secondary N) is 1. The molecule has 0 aliphatic carbocycles. The third-order valence-corrected chi connectivity index (χ3v) is 5.57. The zero-order valence-electron chi connectivity index (χ0n) is 15.0. The van der Waals surface area contributed by atoms with Gasteiger partial charge in [0.25, 0.3) is 0 Å². The number of thiazole rings is 1. The standard InChI is InChI=1S/C19H15FN6OS2/c20-14-8-6-13(7-9-14)16-12-29-18(21-16)22-17(27)10-11-28-19-23-24-25-26(19)15-4-2-1-3-5-15/h1-9,12H,10-11H2,(H,21,22,27). The number of benzene rings is 2. The molecular weight excluding hydrogens is 411 g/mol. The van der Waals surface area contributed by atoms with Gasteiger partial charge in [-0.05, 0) is 46.8 Å². The van der Waals surface area contributed by atoms with E-state index >= 15 is 0 Å². The SMILES string of the molecule is O=C(CCSc1nnnn1-c1ccccc1)Nc1nc(-c2ccc(F)cc2)cs1. The first kappa shape index (κ1) is 19.2. The second-order valence-electron chi connectivity index (χ2n) is 5.90. The lowest BCUT2D eigenvalue weighted by Gasteiger charge is -2.04. The predicted molar refractivity (Wildman–Crippen MR) is 111 cm³/mol. The van der Waals surface area contributed by atoms with Gasteiger partial charge >= 0.3 is 0 Å². The summed E-state index contributed by atoms with van der Waals surface area (Å²) in [4.78, 5) is 16.6. The van der Waals surface area contributed by atoms with Crippen LogP contribution in [0.25, 0.3) is 16.9 Å². The maximum absolute atomic E-state index is 13.0. The van der Waals surface area contributed by atoms with Crippen LogP contribution in [0.1, 0.15) is 6.42 Å². The van der Waals surface area contributed by atoms with Crippen LogP contribution in [0.15, 0.2) is 65.1 Å². The second kappa shape index (κ2) is 8.93. The number of carbonyl (C=O) groups is 1. The highest BCUT2D eigenvalue weighted by Crippen LogP contribution is 2.25. The van der Waals surface area contributed by atoms with Gasteiger partial charge < -0.3 is 5.32 Å². The van der Waals surface area contributed by atoms with Gasteiger partial charge in [-0.1, -0.05) is 30.0 Å². The summed E-state index contributed by atoms with van der Waals surface area (Å²) < 4.78 is 14.7. The largest absolute Gasteiger partial charge is 0.302 e. The molecule has 0 fully saturated rings. The number of nitrogens with zero attached hydrogens (tertiary/aromatic N) is 5. The minimum atomic E-state index is -0.298. The monoisotopic (exact) mass is 426 g/mol. The van der Waals surface area contributed by atoms with Gasteiger partial charge in [0, 0.05) is 23.1 Å². The van der Waals surface area contributed by atoms with Gasteiger partial charge in [0.1, 0.15) is 5.82 Å². The van der Waals surface area contributed by atoms with Crippen molar-refractivity contribution in [3.8, 4) is 16.9 Å². The van der Waals surface area contributed by atoms with E-state index in [4.69, 9.17) is 0 Å². The topological polar surface area (TPSA) is 85.6 Å².